The number of hydrogen-bond donors (Lipinski definition) is 0. The Hall–Kier alpha value is -3.86. The Morgan fingerprint density at radius 1 is 1.03 bits per heavy atom. The Labute approximate surface area is 180 Å². The van der Waals surface area contributed by atoms with Crippen molar-refractivity contribution in [3.05, 3.63) is 101 Å². The molecule has 156 valence electrons. The van der Waals surface area contributed by atoms with Gasteiger partial charge in [0, 0.05) is 11.6 Å². The van der Waals surface area contributed by atoms with Crippen LogP contribution in [0.15, 0.2) is 78.6 Å². The minimum Gasteiger partial charge on any atom is -0.474 e. The minimum absolute atomic E-state index is 0.185. The lowest BCUT2D eigenvalue weighted by Gasteiger charge is -2.18. The minimum atomic E-state index is -0.918. The number of ether oxygens (including phenoxy) is 3. The van der Waals surface area contributed by atoms with Gasteiger partial charge < -0.3 is 14.2 Å². The SMILES string of the molecule is CCOC(=O)C(Oc1ccc2c(c1)O/C(=C\c1ccccc1C)C2=O)c1ccccc1. The summed E-state index contributed by atoms with van der Waals surface area (Å²) < 4.78 is 17.0. The Morgan fingerprint density at radius 3 is 2.52 bits per heavy atom. The van der Waals surface area contributed by atoms with Gasteiger partial charge in [-0.3, -0.25) is 4.79 Å². The summed E-state index contributed by atoms with van der Waals surface area (Å²) in [6.07, 6.45) is 0.821. The van der Waals surface area contributed by atoms with Crippen LogP contribution in [-0.2, 0) is 9.53 Å². The number of carbonyl (C=O) groups excluding carboxylic acids is 2. The Morgan fingerprint density at radius 2 is 1.77 bits per heavy atom. The van der Waals surface area contributed by atoms with E-state index in [9.17, 15) is 9.59 Å². The van der Waals surface area contributed by atoms with Crippen molar-refractivity contribution in [2.45, 2.75) is 20.0 Å². The highest BCUT2D eigenvalue weighted by Gasteiger charge is 2.29. The normalized spacial score (nSPS) is 14.6. The molecule has 0 spiro atoms. The van der Waals surface area contributed by atoms with Gasteiger partial charge in [-0.1, -0.05) is 54.6 Å². The summed E-state index contributed by atoms with van der Waals surface area (Å²) in [5.41, 5.74) is 3.10. The first-order chi connectivity index (χ1) is 15.1. The maximum atomic E-state index is 12.8. The average molecular weight is 414 g/mol. The van der Waals surface area contributed by atoms with E-state index < -0.39 is 12.1 Å². The van der Waals surface area contributed by atoms with Crippen LogP contribution in [-0.4, -0.2) is 18.4 Å². The molecule has 0 amide bonds. The van der Waals surface area contributed by atoms with E-state index >= 15 is 0 Å². The van der Waals surface area contributed by atoms with Gasteiger partial charge in [0.05, 0.1) is 12.2 Å². The zero-order chi connectivity index (χ0) is 21.8. The molecule has 0 fully saturated rings. The predicted molar refractivity (Wildman–Crippen MR) is 117 cm³/mol. The number of esters is 1. The van der Waals surface area contributed by atoms with Gasteiger partial charge in [0.1, 0.15) is 11.5 Å². The fourth-order valence-corrected chi connectivity index (χ4v) is 3.36. The van der Waals surface area contributed by atoms with Crippen molar-refractivity contribution in [3.63, 3.8) is 0 Å². The summed E-state index contributed by atoms with van der Waals surface area (Å²) in [6.45, 7) is 3.97. The van der Waals surface area contributed by atoms with Crippen molar-refractivity contribution in [1.29, 1.82) is 0 Å². The summed E-state index contributed by atoms with van der Waals surface area (Å²) >= 11 is 0. The van der Waals surface area contributed by atoms with E-state index in [4.69, 9.17) is 14.2 Å². The summed E-state index contributed by atoms with van der Waals surface area (Å²) in [5.74, 6) is 0.399. The van der Waals surface area contributed by atoms with Crippen molar-refractivity contribution in [2.75, 3.05) is 6.61 Å². The molecule has 4 rings (SSSR count). The average Bonchev–Trinajstić information content (AvgIpc) is 3.09. The third-order valence-electron chi connectivity index (χ3n) is 4.97. The molecular formula is C26H22O5. The zero-order valence-corrected chi connectivity index (χ0v) is 17.3. The number of allylic oxidation sites excluding steroid dienone is 1. The maximum Gasteiger partial charge on any atom is 0.352 e. The first kappa shape index (κ1) is 20.4. The second kappa shape index (κ2) is 8.88. The van der Waals surface area contributed by atoms with E-state index in [-0.39, 0.29) is 18.1 Å². The third-order valence-corrected chi connectivity index (χ3v) is 4.97. The van der Waals surface area contributed by atoms with Crippen LogP contribution in [0.5, 0.6) is 11.5 Å². The fourth-order valence-electron chi connectivity index (χ4n) is 3.36. The first-order valence-corrected chi connectivity index (χ1v) is 10.1. The highest BCUT2D eigenvalue weighted by molar-refractivity contribution is 6.14. The van der Waals surface area contributed by atoms with Crippen LogP contribution in [0.25, 0.3) is 6.08 Å². The number of benzene rings is 3. The smallest absolute Gasteiger partial charge is 0.352 e. The monoisotopic (exact) mass is 414 g/mol. The molecule has 31 heavy (non-hydrogen) atoms. The molecule has 1 aliphatic rings. The van der Waals surface area contributed by atoms with Gasteiger partial charge >= 0.3 is 5.97 Å². The molecule has 5 nitrogen and oxygen atoms in total. The quantitative estimate of drug-likeness (QED) is 0.405. The van der Waals surface area contributed by atoms with Gasteiger partial charge in [-0.25, -0.2) is 4.79 Å². The van der Waals surface area contributed by atoms with Gasteiger partial charge in [0.2, 0.25) is 11.9 Å². The van der Waals surface area contributed by atoms with Crippen molar-refractivity contribution in [1.82, 2.24) is 0 Å². The number of fused-ring (bicyclic) bond motifs is 1. The molecule has 0 N–H and O–H groups in total. The molecular weight excluding hydrogens is 392 g/mol. The van der Waals surface area contributed by atoms with Crippen LogP contribution >= 0.6 is 0 Å². The highest BCUT2D eigenvalue weighted by atomic mass is 16.6. The molecule has 1 atom stereocenters. The molecule has 0 radical (unpaired) electrons. The summed E-state index contributed by atoms with van der Waals surface area (Å²) in [5, 5.41) is 0. The largest absolute Gasteiger partial charge is 0.474 e. The lowest BCUT2D eigenvalue weighted by molar-refractivity contribution is -0.151. The van der Waals surface area contributed by atoms with E-state index in [1.165, 1.54) is 0 Å². The van der Waals surface area contributed by atoms with Gasteiger partial charge in [-0.2, -0.15) is 0 Å². The number of ketones is 1. The topological polar surface area (TPSA) is 61.8 Å². The molecule has 0 aromatic heterocycles. The van der Waals surface area contributed by atoms with E-state index in [0.29, 0.717) is 22.6 Å². The highest BCUT2D eigenvalue weighted by Crippen LogP contribution is 2.36. The van der Waals surface area contributed by atoms with Crippen LogP contribution in [0.4, 0.5) is 0 Å². The second-order valence-corrected chi connectivity index (χ2v) is 7.11. The molecule has 0 saturated heterocycles. The van der Waals surface area contributed by atoms with E-state index in [2.05, 4.69) is 0 Å². The number of rotatable bonds is 6. The molecule has 3 aromatic carbocycles. The van der Waals surface area contributed by atoms with Gasteiger partial charge in [0.15, 0.2) is 5.76 Å². The summed E-state index contributed by atoms with van der Waals surface area (Å²) in [7, 11) is 0. The molecule has 0 bridgehead atoms. The number of Topliss-reactive ketones (excluding diaryl/α,β-unsaturated/α-hetero) is 1. The number of aryl methyl sites for hydroxylation is 1. The number of carbonyl (C=O) groups is 2. The third kappa shape index (κ3) is 4.36. The molecule has 0 saturated carbocycles. The van der Waals surface area contributed by atoms with Crippen molar-refractivity contribution in [3.8, 4) is 11.5 Å². The summed E-state index contributed by atoms with van der Waals surface area (Å²) in [4.78, 5) is 25.2. The second-order valence-electron chi connectivity index (χ2n) is 7.11. The zero-order valence-electron chi connectivity index (χ0n) is 17.3. The first-order valence-electron chi connectivity index (χ1n) is 10.1. The Kier molecular flexibility index (Phi) is 5.85. The molecule has 1 heterocycles. The van der Waals surface area contributed by atoms with E-state index in [0.717, 1.165) is 11.1 Å². The van der Waals surface area contributed by atoms with Crippen LogP contribution in [0.2, 0.25) is 0 Å². The molecule has 1 aliphatic heterocycles. The molecule has 1 unspecified atom stereocenters. The van der Waals surface area contributed by atoms with Gasteiger partial charge in [-0.05, 0) is 43.2 Å². The van der Waals surface area contributed by atoms with Crippen LogP contribution < -0.4 is 9.47 Å². The maximum absolute atomic E-state index is 12.8. The fraction of sp³-hybridized carbons (Fsp3) is 0.154. The summed E-state index contributed by atoms with van der Waals surface area (Å²) in [6, 6.07) is 21.8. The number of hydrogen-bond acceptors (Lipinski definition) is 5. The lowest BCUT2D eigenvalue weighted by Crippen LogP contribution is -2.21. The van der Waals surface area contributed by atoms with Crippen molar-refractivity contribution in [2.24, 2.45) is 0 Å². The van der Waals surface area contributed by atoms with Crippen molar-refractivity contribution >= 4 is 17.8 Å². The molecule has 3 aromatic rings. The lowest BCUT2D eigenvalue weighted by atomic mass is 10.1. The van der Waals surface area contributed by atoms with Crippen molar-refractivity contribution < 1.29 is 23.8 Å². The van der Waals surface area contributed by atoms with Gasteiger partial charge in [-0.15, -0.1) is 0 Å². The Bertz CT molecular complexity index is 1150. The van der Waals surface area contributed by atoms with E-state index in [1.807, 2.05) is 49.4 Å². The standard InChI is InChI=1S/C26H22O5/c1-3-29-26(28)25(18-10-5-4-6-11-18)30-20-13-14-21-22(16-20)31-23(24(21)27)15-19-12-8-7-9-17(19)2/h4-16,25H,3H2,1-2H3/b23-15-. The van der Waals surface area contributed by atoms with E-state index in [1.54, 1.807) is 43.3 Å². The van der Waals surface area contributed by atoms with Crippen LogP contribution in [0.3, 0.4) is 0 Å². The van der Waals surface area contributed by atoms with Crippen LogP contribution in [0, 0.1) is 6.92 Å². The molecule has 5 heteroatoms. The molecule has 0 aliphatic carbocycles. The Balaban J connectivity index is 1.60. The predicted octanol–water partition coefficient (Wildman–Crippen LogP) is 5.29. The van der Waals surface area contributed by atoms with Crippen LogP contribution in [0.1, 0.15) is 40.1 Å². The van der Waals surface area contributed by atoms with Gasteiger partial charge in [0.25, 0.3) is 0 Å².